The zero-order valence-corrected chi connectivity index (χ0v) is 26.0. The van der Waals surface area contributed by atoms with Crippen LogP contribution in [0.15, 0.2) is 64.3 Å². The smallest absolute Gasteiger partial charge is 0.361 e. The van der Waals surface area contributed by atoms with Gasteiger partial charge in [0.05, 0.1) is 33.3 Å². The number of pyridine rings is 1. The average molecular weight is 677 g/mol. The van der Waals surface area contributed by atoms with Gasteiger partial charge in [0.25, 0.3) is 20.1 Å². The van der Waals surface area contributed by atoms with Gasteiger partial charge in [0, 0.05) is 29.4 Å². The number of nitrogens with zero attached hydrogens (tertiary/aromatic N) is 5. The molecule has 1 saturated carbocycles. The van der Waals surface area contributed by atoms with Gasteiger partial charge >= 0.3 is 6.18 Å². The van der Waals surface area contributed by atoms with Crippen molar-refractivity contribution in [3.05, 3.63) is 71.9 Å². The SMILES string of the molecule is Cc1noc(C)c1-c1ccc2c(-c3nc(N[C@H]4CCC[C@H]4CS(=O)(=O)O)ncc3C(F)(F)F)cn(S(=O)(=O)c3ccccc3)c2n1. The van der Waals surface area contributed by atoms with Crippen molar-refractivity contribution in [2.45, 2.75) is 50.2 Å². The summed E-state index contributed by atoms with van der Waals surface area (Å²) in [5, 5.41) is 6.92. The van der Waals surface area contributed by atoms with Gasteiger partial charge in [-0.25, -0.2) is 27.3 Å². The first-order valence-electron chi connectivity index (χ1n) is 14.1. The van der Waals surface area contributed by atoms with E-state index in [1.165, 1.54) is 36.4 Å². The van der Waals surface area contributed by atoms with Gasteiger partial charge in [-0.1, -0.05) is 29.8 Å². The van der Waals surface area contributed by atoms with Gasteiger partial charge in [-0.3, -0.25) is 4.55 Å². The molecule has 0 amide bonds. The van der Waals surface area contributed by atoms with Crippen molar-refractivity contribution in [1.29, 1.82) is 0 Å². The van der Waals surface area contributed by atoms with E-state index in [1.807, 2.05) is 0 Å². The van der Waals surface area contributed by atoms with E-state index in [2.05, 4.69) is 25.4 Å². The second-order valence-corrected chi connectivity index (χ2v) is 14.4. The highest BCUT2D eigenvalue weighted by Gasteiger charge is 2.38. The standard InChI is InChI=1S/C29H27F3N6O6S2/c1-16-25(17(2)44-37-16)24-12-11-20-21(14-38(27(20)34-24)46(42,43)19-8-4-3-5-9-19)26-22(29(30,31)32)13-33-28(36-26)35-23-10-6-7-18(23)15-45(39,40)41/h3-5,8-9,11-14,18,23H,6-7,10,15H2,1-2H3,(H,33,35,36)(H,39,40,41)/t18-,23-/m0/s1. The monoisotopic (exact) mass is 676 g/mol. The first-order valence-corrected chi connectivity index (χ1v) is 17.1. The number of fused-ring (bicyclic) bond motifs is 1. The van der Waals surface area contributed by atoms with Crippen molar-refractivity contribution in [2.75, 3.05) is 11.1 Å². The quantitative estimate of drug-likeness (QED) is 0.199. The van der Waals surface area contributed by atoms with Crippen LogP contribution in [0.3, 0.4) is 0 Å². The molecule has 0 radical (unpaired) electrons. The number of anilines is 1. The molecular formula is C29H27F3N6O6S2. The van der Waals surface area contributed by atoms with Crippen LogP contribution in [-0.4, -0.2) is 57.3 Å². The average Bonchev–Trinajstić information content (AvgIpc) is 3.68. The van der Waals surface area contributed by atoms with E-state index in [0.29, 0.717) is 48.2 Å². The van der Waals surface area contributed by atoms with Gasteiger partial charge in [-0.15, -0.1) is 0 Å². The molecule has 46 heavy (non-hydrogen) atoms. The summed E-state index contributed by atoms with van der Waals surface area (Å²) in [6, 6.07) is 9.84. The number of benzene rings is 1. The molecule has 0 aliphatic heterocycles. The fourth-order valence-corrected chi connectivity index (χ4v) is 8.15. The molecule has 242 valence electrons. The fourth-order valence-electron chi connectivity index (χ4n) is 5.87. The van der Waals surface area contributed by atoms with Crippen LogP contribution < -0.4 is 5.32 Å². The molecular weight excluding hydrogens is 649 g/mol. The lowest BCUT2D eigenvalue weighted by Crippen LogP contribution is -2.30. The Labute approximate surface area is 261 Å². The Hall–Kier alpha value is -4.35. The summed E-state index contributed by atoms with van der Waals surface area (Å²) in [5.74, 6) is -0.850. The lowest BCUT2D eigenvalue weighted by molar-refractivity contribution is -0.137. The van der Waals surface area contributed by atoms with E-state index < -0.39 is 55.3 Å². The molecule has 4 heterocycles. The molecule has 0 saturated heterocycles. The highest BCUT2D eigenvalue weighted by atomic mass is 32.2. The van der Waals surface area contributed by atoms with Gasteiger partial charge in [0.1, 0.15) is 11.3 Å². The lowest BCUT2D eigenvalue weighted by atomic mass is 10.0. The molecule has 6 rings (SSSR count). The number of alkyl halides is 3. The molecule has 0 unspecified atom stereocenters. The molecule has 1 fully saturated rings. The summed E-state index contributed by atoms with van der Waals surface area (Å²) >= 11 is 0. The number of rotatable bonds is 8. The maximum Gasteiger partial charge on any atom is 0.419 e. The van der Waals surface area contributed by atoms with Crippen molar-refractivity contribution >= 4 is 37.1 Å². The summed E-state index contributed by atoms with van der Waals surface area (Å²) in [5.41, 5.74) is -0.858. The maximum atomic E-state index is 14.4. The van der Waals surface area contributed by atoms with Gasteiger partial charge in [-0.05, 0) is 56.9 Å². The minimum atomic E-state index is -4.93. The Morgan fingerprint density at radius 1 is 1.04 bits per heavy atom. The predicted octanol–water partition coefficient (Wildman–Crippen LogP) is 5.49. The summed E-state index contributed by atoms with van der Waals surface area (Å²) in [6.45, 7) is 3.33. The Morgan fingerprint density at radius 2 is 1.78 bits per heavy atom. The van der Waals surface area contributed by atoms with E-state index in [0.717, 1.165) is 10.2 Å². The van der Waals surface area contributed by atoms with E-state index in [9.17, 15) is 34.6 Å². The van der Waals surface area contributed by atoms with Crippen LogP contribution in [0.1, 0.15) is 36.3 Å². The zero-order valence-electron chi connectivity index (χ0n) is 24.4. The third kappa shape index (κ3) is 5.96. The van der Waals surface area contributed by atoms with Crippen LogP contribution in [-0.2, 0) is 26.3 Å². The van der Waals surface area contributed by atoms with Gasteiger partial charge in [0.15, 0.2) is 5.65 Å². The lowest BCUT2D eigenvalue weighted by Gasteiger charge is -2.21. The van der Waals surface area contributed by atoms with Crippen LogP contribution in [0.4, 0.5) is 19.1 Å². The molecule has 2 N–H and O–H groups in total. The highest BCUT2D eigenvalue weighted by Crippen LogP contribution is 2.41. The summed E-state index contributed by atoms with van der Waals surface area (Å²) < 4.78 is 110. The third-order valence-corrected chi connectivity index (χ3v) is 10.5. The van der Waals surface area contributed by atoms with Crippen molar-refractivity contribution in [3.8, 4) is 22.5 Å². The number of nitrogens with one attached hydrogen (secondary N) is 1. The number of halogens is 3. The largest absolute Gasteiger partial charge is 0.419 e. The second-order valence-electron chi connectivity index (χ2n) is 11.1. The normalized spacial score (nSPS) is 17.5. The predicted molar refractivity (Wildman–Crippen MR) is 161 cm³/mol. The van der Waals surface area contributed by atoms with Crippen molar-refractivity contribution in [2.24, 2.45) is 5.92 Å². The van der Waals surface area contributed by atoms with Gasteiger partial charge < -0.3 is 9.84 Å². The first-order chi connectivity index (χ1) is 21.6. The molecule has 0 bridgehead atoms. The number of aromatic nitrogens is 5. The summed E-state index contributed by atoms with van der Waals surface area (Å²) in [6.07, 6.45) is -1.72. The van der Waals surface area contributed by atoms with Crippen LogP contribution >= 0.6 is 0 Å². The van der Waals surface area contributed by atoms with E-state index >= 15 is 0 Å². The van der Waals surface area contributed by atoms with Gasteiger partial charge in [-0.2, -0.15) is 21.6 Å². The van der Waals surface area contributed by atoms with Crippen LogP contribution in [0.5, 0.6) is 0 Å². The van der Waals surface area contributed by atoms with Crippen molar-refractivity contribution in [3.63, 3.8) is 0 Å². The zero-order chi connectivity index (χ0) is 33.0. The minimum Gasteiger partial charge on any atom is -0.361 e. The molecule has 12 nitrogen and oxygen atoms in total. The van der Waals surface area contributed by atoms with Crippen LogP contribution in [0.25, 0.3) is 33.5 Å². The van der Waals surface area contributed by atoms with Crippen molar-refractivity contribution in [1.82, 2.24) is 24.1 Å². The van der Waals surface area contributed by atoms with Crippen LogP contribution in [0, 0.1) is 19.8 Å². The molecule has 1 aromatic carbocycles. The molecule has 17 heteroatoms. The number of hydrogen-bond donors (Lipinski definition) is 2. The first kappa shape index (κ1) is 31.6. The third-order valence-electron chi connectivity index (χ3n) is 7.96. The highest BCUT2D eigenvalue weighted by molar-refractivity contribution is 7.90. The van der Waals surface area contributed by atoms with Crippen LogP contribution in [0.2, 0.25) is 0 Å². The maximum absolute atomic E-state index is 14.4. The minimum absolute atomic E-state index is 0.0651. The Balaban J connectivity index is 1.55. The summed E-state index contributed by atoms with van der Waals surface area (Å²) in [7, 11) is -8.67. The molecule has 0 spiro atoms. The number of aryl methyl sites for hydroxylation is 2. The Morgan fingerprint density at radius 3 is 2.43 bits per heavy atom. The second kappa shape index (κ2) is 11.5. The van der Waals surface area contributed by atoms with E-state index in [-0.39, 0.29) is 27.4 Å². The molecule has 2 atom stereocenters. The topological polar surface area (TPSA) is 170 Å². The Bertz CT molecular complexity index is 2150. The van der Waals surface area contributed by atoms with Gasteiger partial charge in [0.2, 0.25) is 5.95 Å². The van der Waals surface area contributed by atoms with E-state index in [1.54, 1.807) is 19.9 Å². The number of hydrogen-bond acceptors (Lipinski definition) is 10. The van der Waals surface area contributed by atoms with E-state index in [4.69, 9.17) is 4.52 Å². The molecule has 5 aromatic rings. The molecule has 4 aromatic heterocycles. The fraction of sp³-hybridized carbons (Fsp3) is 0.310. The molecule has 1 aliphatic carbocycles. The van der Waals surface area contributed by atoms with Crippen molar-refractivity contribution < 1.29 is 39.1 Å². The summed E-state index contributed by atoms with van der Waals surface area (Å²) in [4.78, 5) is 12.5. The molecule has 1 aliphatic rings. The Kier molecular flexibility index (Phi) is 7.88.